The smallest absolute Gasteiger partial charge is 0.245 e. The number of piperidine rings is 1. The lowest BCUT2D eigenvalue weighted by Gasteiger charge is -2.33. The van der Waals surface area contributed by atoms with Crippen LogP contribution in [0.25, 0.3) is 0 Å². The van der Waals surface area contributed by atoms with E-state index in [-0.39, 0.29) is 17.3 Å². The third-order valence-electron chi connectivity index (χ3n) is 3.10. The van der Waals surface area contributed by atoms with Crippen LogP contribution >= 0.6 is 0 Å². The molecule has 1 atom stereocenters. The highest BCUT2D eigenvalue weighted by Gasteiger charge is 2.35. The van der Waals surface area contributed by atoms with E-state index in [0.717, 1.165) is 29.2 Å². The van der Waals surface area contributed by atoms with Crippen molar-refractivity contribution in [3.05, 3.63) is 24.3 Å². The Labute approximate surface area is 111 Å². The van der Waals surface area contributed by atoms with Gasteiger partial charge >= 0.3 is 0 Å². The lowest BCUT2D eigenvalue weighted by Crippen LogP contribution is -2.50. The first-order valence-corrected chi connectivity index (χ1v) is 7.33. The maximum atomic E-state index is 13.1. The number of nitrogens with one attached hydrogen (secondary N) is 1. The number of aromatic nitrogens is 1. The van der Waals surface area contributed by atoms with Crippen LogP contribution in [-0.2, 0) is 10.0 Å². The van der Waals surface area contributed by atoms with E-state index in [2.05, 4.69) is 4.98 Å². The van der Waals surface area contributed by atoms with E-state index in [0.29, 0.717) is 12.8 Å². The molecule has 0 bridgehead atoms. The summed E-state index contributed by atoms with van der Waals surface area (Å²) in [6.45, 7) is 0.281. The molecule has 0 spiro atoms. The van der Waals surface area contributed by atoms with E-state index in [1.807, 2.05) is 0 Å². The fraction of sp³-hybridized carbons (Fsp3) is 0.455. The Morgan fingerprint density at radius 3 is 2.84 bits per heavy atom. The van der Waals surface area contributed by atoms with Gasteiger partial charge in [0, 0.05) is 12.7 Å². The van der Waals surface area contributed by atoms with Gasteiger partial charge in [-0.05, 0) is 18.9 Å². The predicted octanol–water partition coefficient (Wildman–Crippen LogP) is 0.700. The van der Waals surface area contributed by atoms with Gasteiger partial charge < -0.3 is 5.73 Å². The molecule has 1 aliphatic heterocycles. The van der Waals surface area contributed by atoms with Gasteiger partial charge in [0.25, 0.3) is 0 Å². The molecule has 0 saturated carbocycles. The highest BCUT2D eigenvalue weighted by atomic mass is 32.2. The van der Waals surface area contributed by atoms with E-state index in [4.69, 9.17) is 11.1 Å². The zero-order valence-electron chi connectivity index (χ0n) is 10.2. The normalized spacial score (nSPS) is 21.2. The van der Waals surface area contributed by atoms with Gasteiger partial charge in [-0.3, -0.25) is 10.4 Å². The van der Waals surface area contributed by atoms with Crippen molar-refractivity contribution in [1.82, 2.24) is 9.29 Å². The number of hydrogen-bond acceptors (Lipinski definition) is 4. The molecule has 0 amide bonds. The highest BCUT2D eigenvalue weighted by Crippen LogP contribution is 2.25. The van der Waals surface area contributed by atoms with Crippen LogP contribution in [0, 0.1) is 11.2 Å². The summed E-state index contributed by atoms with van der Waals surface area (Å²) in [6.07, 6.45) is 4.07. The summed E-state index contributed by atoms with van der Waals surface area (Å²) < 4.78 is 39.1. The average molecular weight is 286 g/mol. The van der Waals surface area contributed by atoms with Crippen molar-refractivity contribution in [3.63, 3.8) is 0 Å². The molecule has 1 aromatic rings. The molecule has 1 unspecified atom stereocenters. The van der Waals surface area contributed by atoms with Crippen molar-refractivity contribution >= 4 is 15.9 Å². The third-order valence-corrected chi connectivity index (χ3v) is 4.97. The molecule has 104 valence electrons. The molecule has 2 heterocycles. The number of nitrogens with two attached hydrogens (primary N) is 1. The summed E-state index contributed by atoms with van der Waals surface area (Å²) in [7, 11) is -3.87. The summed E-state index contributed by atoms with van der Waals surface area (Å²) in [5.41, 5.74) is 5.45. The maximum Gasteiger partial charge on any atom is 0.245 e. The van der Waals surface area contributed by atoms with Crippen LogP contribution in [0.4, 0.5) is 4.39 Å². The van der Waals surface area contributed by atoms with Crippen LogP contribution in [0.2, 0.25) is 0 Å². The Hall–Kier alpha value is -1.54. The molecule has 2 rings (SSSR count). The summed E-state index contributed by atoms with van der Waals surface area (Å²) in [5, 5.41) is 7.49. The van der Waals surface area contributed by atoms with Gasteiger partial charge in [0.05, 0.1) is 12.2 Å². The molecule has 6 nitrogen and oxygen atoms in total. The Balaban J connectivity index is 2.40. The number of sulfonamides is 1. The molecule has 1 saturated heterocycles. The first-order valence-electron chi connectivity index (χ1n) is 5.89. The molecular formula is C11H15FN4O2S. The second-order valence-electron chi connectivity index (χ2n) is 4.42. The number of pyridine rings is 1. The molecule has 3 N–H and O–H groups in total. The van der Waals surface area contributed by atoms with Gasteiger partial charge in [-0.2, -0.15) is 4.31 Å². The van der Waals surface area contributed by atoms with Gasteiger partial charge in [0.2, 0.25) is 10.0 Å². The first-order chi connectivity index (χ1) is 8.93. The van der Waals surface area contributed by atoms with Crippen LogP contribution in [0.5, 0.6) is 0 Å². The maximum absolute atomic E-state index is 13.1. The Morgan fingerprint density at radius 1 is 1.47 bits per heavy atom. The molecular weight excluding hydrogens is 271 g/mol. The largest absolute Gasteiger partial charge is 0.386 e. The van der Waals surface area contributed by atoms with Crippen LogP contribution in [0.1, 0.15) is 19.3 Å². The SMILES string of the molecule is N=C(N)C1CCCCN1S(=O)(=O)c1cncc(F)c1. The summed E-state index contributed by atoms with van der Waals surface area (Å²) in [5.74, 6) is -0.898. The Morgan fingerprint density at radius 2 is 2.21 bits per heavy atom. The summed E-state index contributed by atoms with van der Waals surface area (Å²) in [6, 6.07) is 0.274. The van der Waals surface area contributed by atoms with Crippen molar-refractivity contribution in [2.45, 2.75) is 30.2 Å². The van der Waals surface area contributed by atoms with Gasteiger partial charge in [0.1, 0.15) is 16.5 Å². The van der Waals surface area contributed by atoms with E-state index in [1.54, 1.807) is 0 Å². The molecule has 0 aromatic carbocycles. The van der Waals surface area contributed by atoms with Crippen LogP contribution in [0.3, 0.4) is 0 Å². The number of amidine groups is 1. The number of hydrogen-bond donors (Lipinski definition) is 2. The van der Waals surface area contributed by atoms with Crippen molar-refractivity contribution in [2.24, 2.45) is 5.73 Å². The van der Waals surface area contributed by atoms with Crippen molar-refractivity contribution in [1.29, 1.82) is 5.41 Å². The van der Waals surface area contributed by atoms with Crippen LogP contribution < -0.4 is 5.73 Å². The molecule has 1 aromatic heterocycles. The number of nitrogens with zero attached hydrogens (tertiary/aromatic N) is 2. The van der Waals surface area contributed by atoms with Gasteiger partial charge in [-0.1, -0.05) is 6.42 Å². The monoisotopic (exact) mass is 286 g/mol. The highest BCUT2D eigenvalue weighted by molar-refractivity contribution is 7.89. The molecule has 0 radical (unpaired) electrons. The van der Waals surface area contributed by atoms with E-state index >= 15 is 0 Å². The summed E-state index contributed by atoms with van der Waals surface area (Å²) >= 11 is 0. The molecule has 0 aliphatic carbocycles. The zero-order chi connectivity index (χ0) is 14.0. The second kappa shape index (κ2) is 5.22. The van der Waals surface area contributed by atoms with Crippen molar-refractivity contribution in [2.75, 3.05) is 6.54 Å². The number of halogens is 1. The third kappa shape index (κ3) is 2.74. The fourth-order valence-corrected chi connectivity index (χ4v) is 3.82. The van der Waals surface area contributed by atoms with E-state index < -0.39 is 21.9 Å². The minimum Gasteiger partial charge on any atom is -0.386 e. The molecule has 1 aliphatic rings. The quantitative estimate of drug-likeness (QED) is 0.631. The molecule has 8 heteroatoms. The zero-order valence-corrected chi connectivity index (χ0v) is 11.0. The lowest BCUT2D eigenvalue weighted by molar-refractivity contribution is 0.303. The molecule has 1 fully saturated rings. The summed E-state index contributed by atoms with van der Waals surface area (Å²) in [4.78, 5) is 3.34. The first kappa shape index (κ1) is 13.9. The second-order valence-corrected chi connectivity index (χ2v) is 6.31. The van der Waals surface area contributed by atoms with Gasteiger partial charge in [-0.25, -0.2) is 12.8 Å². The van der Waals surface area contributed by atoms with Crippen molar-refractivity contribution < 1.29 is 12.8 Å². The Bertz CT molecular complexity index is 590. The van der Waals surface area contributed by atoms with Crippen LogP contribution in [-0.4, -0.2) is 36.1 Å². The van der Waals surface area contributed by atoms with Gasteiger partial charge in [-0.15, -0.1) is 0 Å². The van der Waals surface area contributed by atoms with E-state index in [9.17, 15) is 12.8 Å². The van der Waals surface area contributed by atoms with Crippen LogP contribution in [0.15, 0.2) is 23.4 Å². The van der Waals surface area contributed by atoms with Crippen molar-refractivity contribution in [3.8, 4) is 0 Å². The number of rotatable bonds is 3. The average Bonchev–Trinajstić information content (AvgIpc) is 2.38. The fourth-order valence-electron chi connectivity index (χ4n) is 2.17. The Kier molecular flexibility index (Phi) is 3.81. The predicted molar refractivity (Wildman–Crippen MR) is 67.6 cm³/mol. The van der Waals surface area contributed by atoms with E-state index in [1.165, 1.54) is 0 Å². The lowest BCUT2D eigenvalue weighted by atomic mass is 10.0. The minimum atomic E-state index is -3.87. The molecule has 19 heavy (non-hydrogen) atoms. The van der Waals surface area contributed by atoms with Gasteiger partial charge in [0.15, 0.2) is 0 Å². The standard InChI is InChI=1S/C11H15FN4O2S/c12-8-5-9(7-15-6-8)19(17,18)16-4-2-1-3-10(16)11(13)14/h5-7,10H,1-4H2,(H3,13,14). The minimum absolute atomic E-state index is 0.187. The topological polar surface area (TPSA) is 100 Å².